The van der Waals surface area contributed by atoms with E-state index in [2.05, 4.69) is 75.2 Å². The molecule has 2 rings (SSSR count). The van der Waals surface area contributed by atoms with Gasteiger partial charge in [0.2, 0.25) is 0 Å². The van der Waals surface area contributed by atoms with Gasteiger partial charge in [0.15, 0.2) is 0 Å². The number of thiazole rings is 1. The van der Waals surface area contributed by atoms with Crippen LogP contribution >= 0.6 is 11.3 Å². The van der Waals surface area contributed by atoms with E-state index < -0.39 is 0 Å². The van der Waals surface area contributed by atoms with Gasteiger partial charge in [0.1, 0.15) is 0 Å². The molecular formula is C16H23N3S. The Morgan fingerprint density at radius 3 is 2.40 bits per heavy atom. The van der Waals surface area contributed by atoms with E-state index >= 15 is 0 Å². The van der Waals surface area contributed by atoms with Crippen LogP contribution in [0, 0.1) is 20.8 Å². The van der Waals surface area contributed by atoms with Crippen molar-refractivity contribution in [3.63, 3.8) is 0 Å². The van der Waals surface area contributed by atoms with Crippen LogP contribution in [-0.4, -0.2) is 19.1 Å². The zero-order chi connectivity index (χ0) is 14.9. The van der Waals surface area contributed by atoms with Gasteiger partial charge in [-0.2, -0.15) is 0 Å². The van der Waals surface area contributed by atoms with Gasteiger partial charge in [-0.25, -0.2) is 4.98 Å². The number of aryl methyl sites for hydroxylation is 3. The molecule has 3 nitrogen and oxygen atoms in total. The van der Waals surface area contributed by atoms with E-state index in [1.165, 1.54) is 21.8 Å². The Bertz CT molecular complexity index is 602. The number of hydrogen-bond donors (Lipinski definition) is 1. The summed E-state index contributed by atoms with van der Waals surface area (Å²) < 4.78 is 0. The maximum atomic E-state index is 4.51. The highest BCUT2D eigenvalue weighted by molar-refractivity contribution is 7.11. The average Bonchev–Trinajstić information content (AvgIpc) is 2.70. The molecule has 0 aliphatic heterocycles. The largest absolute Gasteiger partial charge is 0.378 e. The number of rotatable bonds is 4. The van der Waals surface area contributed by atoms with Gasteiger partial charge in [-0.3, -0.25) is 0 Å². The highest BCUT2D eigenvalue weighted by atomic mass is 32.1. The molecule has 1 aromatic carbocycles. The first-order chi connectivity index (χ1) is 9.38. The van der Waals surface area contributed by atoms with Crippen LogP contribution in [0.5, 0.6) is 0 Å². The van der Waals surface area contributed by atoms with Crippen molar-refractivity contribution < 1.29 is 0 Å². The summed E-state index contributed by atoms with van der Waals surface area (Å²) in [7, 11) is 4.13. The number of anilines is 2. The van der Waals surface area contributed by atoms with Crippen molar-refractivity contribution in [1.82, 2.24) is 4.98 Å². The predicted molar refractivity (Wildman–Crippen MR) is 89.1 cm³/mol. The minimum absolute atomic E-state index is 0.283. The molecule has 0 saturated carbocycles. The van der Waals surface area contributed by atoms with Crippen LogP contribution in [0.3, 0.4) is 0 Å². The van der Waals surface area contributed by atoms with E-state index in [1.807, 2.05) is 0 Å². The summed E-state index contributed by atoms with van der Waals surface area (Å²) in [5.41, 5.74) is 4.82. The Labute approximate surface area is 125 Å². The molecule has 0 aliphatic rings. The standard InChI is InChI=1S/C16H23N3S/c1-10-9-14(19(5)6)7-8-15(10)18-12(3)16-11(2)17-13(4)20-16/h7-9,12,18H,1-6H3. The van der Waals surface area contributed by atoms with E-state index in [9.17, 15) is 0 Å². The number of nitrogens with one attached hydrogen (secondary N) is 1. The number of nitrogens with zero attached hydrogens (tertiary/aromatic N) is 2. The third-order valence-electron chi connectivity index (χ3n) is 3.43. The smallest absolute Gasteiger partial charge is 0.0900 e. The first kappa shape index (κ1) is 14.9. The summed E-state index contributed by atoms with van der Waals surface area (Å²) in [6, 6.07) is 6.79. The quantitative estimate of drug-likeness (QED) is 0.909. The Kier molecular flexibility index (Phi) is 4.33. The fraction of sp³-hybridized carbons (Fsp3) is 0.438. The van der Waals surface area contributed by atoms with Gasteiger partial charge in [0.25, 0.3) is 0 Å². The van der Waals surface area contributed by atoms with Crippen LogP contribution in [0.4, 0.5) is 11.4 Å². The normalized spacial score (nSPS) is 12.3. The van der Waals surface area contributed by atoms with Crippen LogP contribution in [-0.2, 0) is 0 Å². The molecule has 1 atom stereocenters. The van der Waals surface area contributed by atoms with Crippen molar-refractivity contribution in [2.75, 3.05) is 24.3 Å². The maximum absolute atomic E-state index is 4.51. The summed E-state index contributed by atoms with van der Waals surface area (Å²) in [6.07, 6.45) is 0. The number of aromatic nitrogens is 1. The molecule has 0 radical (unpaired) electrons. The zero-order valence-electron chi connectivity index (χ0n) is 13.1. The van der Waals surface area contributed by atoms with Crippen molar-refractivity contribution >= 4 is 22.7 Å². The maximum Gasteiger partial charge on any atom is 0.0900 e. The van der Waals surface area contributed by atoms with Crippen LogP contribution in [0.25, 0.3) is 0 Å². The molecule has 0 spiro atoms. The topological polar surface area (TPSA) is 28.2 Å². The predicted octanol–water partition coefficient (Wildman–Crippen LogP) is 4.31. The summed E-state index contributed by atoms with van der Waals surface area (Å²) in [6.45, 7) is 8.48. The lowest BCUT2D eigenvalue weighted by atomic mass is 10.1. The highest BCUT2D eigenvalue weighted by Gasteiger charge is 2.13. The number of benzene rings is 1. The first-order valence-corrected chi connectivity index (χ1v) is 7.68. The second-order valence-corrected chi connectivity index (χ2v) is 6.68. The van der Waals surface area contributed by atoms with Gasteiger partial charge in [0.05, 0.1) is 16.7 Å². The lowest BCUT2D eigenvalue weighted by Crippen LogP contribution is -2.10. The van der Waals surface area contributed by atoms with Crippen LogP contribution < -0.4 is 10.2 Å². The van der Waals surface area contributed by atoms with Gasteiger partial charge in [0, 0.05) is 30.3 Å². The fourth-order valence-corrected chi connectivity index (χ4v) is 3.27. The van der Waals surface area contributed by atoms with Crippen molar-refractivity contribution in [1.29, 1.82) is 0 Å². The molecule has 0 amide bonds. The first-order valence-electron chi connectivity index (χ1n) is 6.87. The highest BCUT2D eigenvalue weighted by Crippen LogP contribution is 2.29. The average molecular weight is 289 g/mol. The molecular weight excluding hydrogens is 266 g/mol. The van der Waals surface area contributed by atoms with Gasteiger partial charge >= 0.3 is 0 Å². The van der Waals surface area contributed by atoms with Crippen molar-refractivity contribution in [3.05, 3.63) is 39.3 Å². The molecule has 0 bridgehead atoms. The fourth-order valence-electron chi connectivity index (χ4n) is 2.34. The lowest BCUT2D eigenvalue weighted by molar-refractivity contribution is 0.887. The Morgan fingerprint density at radius 1 is 1.20 bits per heavy atom. The molecule has 1 heterocycles. The van der Waals surface area contributed by atoms with Gasteiger partial charge in [-0.05, 0) is 51.5 Å². The molecule has 1 unspecified atom stereocenters. The van der Waals surface area contributed by atoms with E-state index in [0.29, 0.717) is 0 Å². The van der Waals surface area contributed by atoms with Crippen LogP contribution in [0.2, 0.25) is 0 Å². The molecule has 108 valence electrons. The monoisotopic (exact) mass is 289 g/mol. The summed E-state index contributed by atoms with van der Waals surface area (Å²) in [4.78, 5) is 7.95. The minimum Gasteiger partial charge on any atom is -0.378 e. The molecule has 1 aromatic heterocycles. The molecule has 4 heteroatoms. The SMILES string of the molecule is Cc1nc(C)c(C(C)Nc2ccc(N(C)C)cc2C)s1. The minimum atomic E-state index is 0.283. The third-order valence-corrected chi connectivity index (χ3v) is 4.69. The summed E-state index contributed by atoms with van der Waals surface area (Å²) >= 11 is 1.77. The Balaban J connectivity index is 2.19. The van der Waals surface area contributed by atoms with E-state index in [0.717, 1.165) is 10.7 Å². The second kappa shape index (κ2) is 5.83. The number of hydrogen-bond acceptors (Lipinski definition) is 4. The van der Waals surface area contributed by atoms with Crippen molar-refractivity contribution in [3.8, 4) is 0 Å². The van der Waals surface area contributed by atoms with Crippen molar-refractivity contribution in [2.24, 2.45) is 0 Å². The molecule has 1 N–H and O–H groups in total. The van der Waals surface area contributed by atoms with Gasteiger partial charge in [-0.15, -0.1) is 11.3 Å². The van der Waals surface area contributed by atoms with E-state index in [1.54, 1.807) is 11.3 Å². The Morgan fingerprint density at radius 2 is 1.90 bits per heavy atom. The second-order valence-electron chi connectivity index (χ2n) is 5.44. The zero-order valence-corrected chi connectivity index (χ0v) is 13.9. The van der Waals surface area contributed by atoms with E-state index in [4.69, 9.17) is 0 Å². The molecule has 0 aliphatic carbocycles. The van der Waals surface area contributed by atoms with E-state index in [-0.39, 0.29) is 6.04 Å². The molecule has 0 fully saturated rings. The third kappa shape index (κ3) is 3.12. The Hall–Kier alpha value is -1.55. The molecule has 20 heavy (non-hydrogen) atoms. The molecule has 0 saturated heterocycles. The van der Waals surface area contributed by atoms with Crippen LogP contribution in [0.15, 0.2) is 18.2 Å². The summed E-state index contributed by atoms with van der Waals surface area (Å²) in [5.74, 6) is 0. The molecule has 2 aromatic rings. The summed E-state index contributed by atoms with van der Waals surface area (Å²) in [5, 5.41) is 4.73. The van der Waals surface area contributed by atoms with Gasteiger partial charge in [-0.1, -0.05) is 0 Å². The lowest BCUT2D eigenvalue weighted by Gasteiger charge is -2.19. The van der Waals surface area contributed by atoms with Crippen LogP contribution in [0.1, 0.15) is 34.1 Å². The van der Waals surface area contributed by atoms with Crippen molar-refractivity contribution in [2.45, 2.75) is 33.7 Å². The van der Waals surface area contributed by atoms with Gasteiger partial charge < -0.3 is 10.2 Å².